The van der Waals surface area contributed by atoms with Crippen molar-refractivity contribution >= 4 is 24.2 Å². The predicted octanol–water partition coefficient (Wildman–Crippen LogP) is 2.04. The van der Waals surface area contributed by atoms with Gasteiger partial charge in [-0.05, 0) is 33.7 Å². The molecule has 0 unspecified atom stereocenters. The van der Waals surface area contributed by atoms with Crippen LogP contribution in [0.2, 0.25) is 5.02 Å². The monoisotopic (exact) mass is 274 g/mol. The van der Waals surface area contributed by atoms with Crippen LogP contribution in [-0.2, 0) is 9.31 Å². The van der Waals surface area contributed by atoms with Crippen molar-refractivity contribution < 1.29 is 20.9 Å². The number of nitrogens with zero attached hydrogens (tertiary/aromatic N) is 1. The molecule has 4 nitrogen and oxygen atoms in total. The molecule has 0 radical (unpaired) electrons. The molecular weight excluding hydrogens is 252 g/mol. The van der Waals surface area contributed by atoms with E-state index >= 15 is 0 Å². The number of pyridine rings is 1. The van der Waals surface area contributed by atoms with E-state index in [1.54, 1.807) is 0 Å². The lowest BCUT2D eigenvalue weighted by Gasteiger charge is -2.32. The second-order valence-corrected chi connectivity index (χ2v) is 5.45. The van der Waals surface area contributed by atoms with Gasteiger partial charge in [-0.25, -0.2) is 4.98 Å². The third kappa shape index (κ3) is 2.22. The zero-order chi connectivity index (χ0) is 17.8. The summed E-state index contributed by atoms with van der Waals surface area (Å²) in [5.41, 5.74) is -1.28. The molecule has 0 spiro atoms. The van der Waals surface area contributed by atoms with Gasteiger partial charge in [-0.3, -0.25) is 0 Å². The van der Waals surface area contributed by atoms with Gasteiger partial charge >= 0.3 is 7.12 Å². The first-order valence-corrected chi connectivity index (χ1v) is 5.84. The molecule has 0 atom stereocenters. The fourth-order valence-corrected chi connectivity index (χ4v) is 1.68. The van der Waals surface area contributed by atoms with Gasteiger partial charge in [-0.15, -0.1) is 0 Å². The molecule has 1 aromatic heterocycles. The first kappa shape index (κ1) is 8.41. The Morgan fingerprint density at radius 1 is 1.39 bits per heavy atom. The van der Waals surface area contributed by atoms with Crippen LogP contribution < -0.4 is 10.2 Å². The summed E-state index contributed by atoms with van der Waals surface area (Å²) >= 11 is 5.98. The van der Waals surface area contributed by atoms with Crippen molar-refractivity contribution in [1.82, 2.24) is 4.98 Å². The molecule has 0 amide bonds. The maximum atomic E-state index is 8.09. The summed E-state index contributed by atoms with van der Waals surface area (Å²) < 4.78 is 53.5. The van der Waals surface area contributed by atoms with Gasteiger partial charge in [0.2, 0.25) is 5.88 Å². The highest BCUT2D eigenvalue weighted by atomic mass is 35.5. The van der Waals surface area contributed by atoms with Crippen molar-refractivity contribution in [2.75, 3.05) is 7.04 Å². The van der Waals surface area contributed by atoms with Crippen molar-refractivity contribution in [3.8, 4) is 5.88 Å². The third-order valence-electron chi connectivity index (χ3n) is 3.30. The lowest BCUT2D eigenvalue weighted by molar-refractivity contribution is 0.00578. The van der Waals surface area contributed by atoms with Gasteiger partial charge in [0.25, 0.3) is 0 Å². The molecular formula is C12H17BClNO3. The topological polar surface area (TPSA) is 40.6 Å². The van der Waals surface area contributed by atoms with E-state index in [0.29, 0.717) is 0 Å². The summed E-state index contributed by atoms with van der Waals surface area (Å²) in [5, 5.41) is -0.304. The molecule has 0 bridgehead atoms. The summed E-state index contributed by atoms with van der Waals surface area (Å²) in [5.74, 6) is -0.484. The van der Waals surface area contributed by atoms with Gasteiger partial charge in [0.15, 0.2) is 0 Å². The summed E-state index contributed by atoms with van der Waals surface area (Å²) in [4.78, 5) is 3.73. The number of halogens is 1. The average molecular weight is 275 g/mol. The van der Waals surface area contributed by atoms with Crippen molar-refractivity contribution in [2.24, 2.45) is 0 Å². The minimum absolute atomic E-state index is 0.0338. The molecule has 1 saturated heterocycles. The Labute approximate surface area is 120 Å². The Bertz CT molecular complexity index is 622. The van der Waals surface area contributed by atoms with Crippen molar-refractivity contribution in [2.45, 2.75) is 38.9 Å². The van der Waals surface area contributed by atoms with Crippen LogP contribution in [0.4, 0.5) is 0 Å². The van der Waals surface area contributed by atoms with Crippen LogP contribution in [0.1, 0.15) is 34.5 Å². The average Bonchev–Trinajstić information content (AvgIpc) is 2.53. The van der Waals surface area contributed by atoms with E-state index in [4.69, 9.17) is 27.8 Å². The summed E-state index contributed by atoms with van der Waals surface area (Å²) in [7, 11) is -3.77. The van der Waals surface area contributed by atoms with E-state index in [2.05, 4.69) is 9.72 Å². The van der Waals surface area contributed by atoms with E-state index in [1.165, 1.54) is 0 Å². The smallest absolute Gasteiger partial charge is 0.480 e. The van der Waals surface area contributed by atoms with Gasteiger partial charge in [-0.1, -0.05) is 11.6 Å². The van der Waals surface area contributed by atoms with Crippen LogP contribution in [-0.4, -0.2) is 30.3 Å². The van der Waals surface area contributed by atoms with Crippen molar-refractivity contribution in [3.05, 3.63) is 17.2 Å². The second kappa shape index (κ2) is 4.40. The molecule has 1 aliphatic heterocycles. The SMILES string of the molecule is [2H]c1nc(OC([2H])([2H])[2H])c(Cl)c([2H])c1B1OC(C)(C)C(C)(C)O1. The zero-order valence-corrected chi connectivity index (χ0v) is 11.4. The van der Waals surface area contributed by atoms with Gasteiger partial charge in [0.1, 0.15) is 5.02 Å². The first-order chi connectivity index (χ1) is 10.3. The molecule has 1 fully saturated rings. The van der Waals surface area contributed by atoms with Gasteiger partial charge < -0.3 is 14.0 Å². The Kier molecular flexibility index (Phi) is 2.06. The Hall–Kier alpha value is -0.775. The molecule has 2 rings (SSSR count). The highest BCUT2D eigenvalue weighted by Gasteiger charge is 2.51. The van der Waals surface area contributed by atoms with E-state index in [0.717, 1.165) is 0 Å². The Balaban J connectivity index is 2.45. The van der Waals surface area contributed by atoms with Gasteiger partial charge in [-0.2, -0.15) is 0 Å². The van der Waals surface area contributed by atoms with Gasteiger partial charge in [0, 0.05) is 11.6 Å². The Morgan fingerprint density at radius 3 is 2.56 bits per heavy atom. The Morgan fingerprint density at radius 2 is 2.00 bits per heavy atom. The predicted molar refractivity (Wildman–Crippen MR) is 71.5 cm³/mol. The van der Waals surface area contributed by atoms with Crippen molar-refractivity contribution in [1.29, 1.82) is 0 Å². The number of hydrogen-bond donors (Lipinski definition) is 0. The van der Waals surface area contributed by atoms with Crippen LogP contribution >= 0.6 is 11.6 Å². The van der Waals surface area contributed by atoms with E-state index < -0.39 is 31.2 Å². The summed E-state index contributed by atoms with van der Waals surface area (Å²) in [6.07, 6.45) is -0.378. The number of hydrogen-bond acceptors (Lipinski definition) is 4. The standard InChI is InChI=1S/C12H17BClNO3/c1-11(2)12(3,4)18-13(17-11)8-6-9(14)10(16-5)15-7-8/h6-7H,1-5H3/i5D3,6D,7D. The minimum atomic E-state index is -2.78. The van der Waals surface area contributed by atoms with Crippen LogP contribution in [0.5, 0.6) is 5.88 Å². The number of rotatable bonds is 2. The first-order valence-electron chi connectivity index (χ1n) is 7.96. The van der Waals surface area contributed by atoms with E-state index in [1.807, 2.05) is 27.7 Å². The molecule has 98 valence electrons. The van der Waals surface area contributed by atoms with Gasteiger partial charge in [0.05, 0.1) is 25.1 Å². The maximum Gasteiger partial charge on any atom is 0.496 e. The summed E-state index contributed by atoms with van der Waals surface area (Å²) in [6.45, 7) is 7.34. The highest BCUT2D eigenvalue weighted by molar-refractivity contribution is 6.62. The molecule has 0 aliphatic carbocycles. The lowest BCUT2D eigenvalue weighted by Crippen LogP contribution is -2.41. The largest absolute Gasteiger partial charge is 0.496 e. The minimum Gasteiger partial charge on any atom is -0.480 e. The quantitative estimate of drug-likeness (QED) is 0.774. The molecule has 0 saturated carbocycles. The number of aromatic nitrogens is 1. The molecule has 6 heteroatoms. The molecule has 0 aromatic carbocycles. The second-order valence-electron chi connectivity index (χ2n) is 5.07. The summed E-state index contributed by atoms with van der Waals surface area (Å²) in [6, 6.07) is -0.301. The zero-order valence-electron chi connectivity index (χ0n) is 15.6. The normalized spacial score (nSPS) is 25.8. The van der Waals surface area contributed by atoms with Crippen LogP contribution in [0.3, 0.4) is 0 Å². The lowest BCUT2D eigenvalue weighted by atomic mass is 9.80. The molecule has 1 aromatic rings. The van der Waals surface area contributed by atoms with E-state index in [9.17, 15) is 0 Å². The molecule has 18 heavy (non-hydrogen) atoms. The highest BCUT2D eigenvalue weighted by Crippen LogP contribution is 2.36. The number of ether oxygens (including phenoxy) is 1. The molecule has 0 N–H and O–H groups in total. The van der Waals surface area contributed by atoms with Crippen LogP contribution in [0, 0.1) is 0 Å². The van der Waals surface area contributed by atoms with Crippen LogP contribution in [0.25, 0.3) is 0 Å². The fourth-order valence-electron chi connectivity index (χ4n) is 1.50. The molecule has 2 heterocycles. The van der Waals surface area contributed by atoms with Crippen LogP contribution in [0.15, 0.2) is 12.2 Å². The number of methoxy groups -OCH3 is 1. The maximum absolute atomic E-state index is 8.09. The third-order valence-corrected chi connectivity index (χ3v) is 3.55. The van der Waals surface area contributed by atoms with Crippen molar-refractivity contribution in [3.63, 3.8) is 0 Å². The van der Waals surface area contributed by atoms with E-state index in [-0.39, 0.29) is 22.7 Å². The molecule has 1 aliphatic rings. The fraction of sp³-hybridized carbons (Fsp3) is 0.583.